The van der Waals surface area contributed by atoms with Gasteiger partial charge in [0, 0.05) is 16.5 Å². The normalized spacial score (nSPS) is 11.6. The quantitative estimate of drug-likeness (QED) is 0.521. The van der Waals surface area contributed by atoms with Crippen LogP contribution in [-0.4, -0.2) is 21.7 Å². The summed E-state index contributed by atoms with van der Waals surface area (Å²) in [7, 11) is 1.64. The van der Waals surface area contributed by atoms with Crippen LogP contribution in [0.4, 0.5) is 5.95 Å². The van der Waals surface area contributed by atoms with Crippen molar-refractivity contribution in [3.63, 3.8) is 0 Å². The highest BCUT2D eigenvalue weighted by Crippen LogP contribution is 2.30. The molecule has 0 aliphatic rings. The van der Waals surface area contributed by atoms with Gasteiger partial charge >= 0.3 is 0 Å². The van der Waals surface area contributed by atoms with Gasteiger partial charge in [0.15, 0.2) is 0 Å². The number of thiophene rings is 1. The lowest BCUT2D eigenvalue weighted by Crippen LogP contribution is -2.03. The van der Waals surface area contributed by atoms with Crippen LogP contribution in [0.15, 0.2) is 53.9 Å². The number of anilines is 1. The molecule has 0 aliphatic heterocycles. The number of nitrogen functional groups attached to an aromatic ring is 1. The molecule has 0 unspecified atom stereocenters. The highest BCUT2D eigenvalue weighted by Gasteiger charge is 2.14. The molecule has 3 heterocycles. The van der Waals surface area contributed by atoms with Crippen molar-refractivity contribution in [2.45, 2.75) is 6.42 Å². The number of benzene rings is 2. The monoisotopic (exact) mass is 360 g/mol. The number of aromatic nitrogens is 3. The Kier molecular flexibility index (Phi) is 3.33. The molecule has 0 fully saturated rings. The second-order valence-corrected chi connectivity index (χ2v) is 7.11. The minimum atomic E-state index is 0.359. The number of para-hydroxylation sites is 1. The SMILES string of the molecule is COc1cccc2c1nc(N)n1nc(Cc3cccc4ccsc34)cc21. The molecule has 5 rings (SSSR count). The summed E-state index contributed by atoms with van der Waals surface area (Å²) in [4.78, 5) is 4.49. The van der Waals surface area contributed by atoms with Gasteiger partial charge in [0.1, 0.15) is 11.3 Å². The van der Waals surface area contributed by atoms with E-state index >= 15 is 0 Å². The standard InChI is InChI=1S/C20H16N4OS/c1-25-17-7-3-6-15-16-11-14(23-24(16)20(21)22-18(15)17)10-13-5-2-4-12-8-9-26-19(12)13/h2-9,11H,10H2,1H3,(H2,21,22). The molecule has 0 saturated heterocycles. The molecular weight excluding hydrogens is 344 g/mol. The summed E-state index contributed by atoms with van der Waals surface area (Å²) in [5.74, 6) is 1.07. The predicted molar refractivity (Wildman–Crippen MR) is 106 cm³/mol. The molecule has 3 aromatic heterocycles. The van der Waals surface area contributed by atoms with Gasteiger partial charge in [0.05, 0.1) is 18.3 Å². The molecule has 0 spiro atoms. The Labute approximate surface area is 153 Å². The summed E-state index contributed by atoms with van der Waals surface area (Å²) in [6.45, 7) is 0. The zero-order valence-corrected chi connectivity index (χ0v) is 15.0. The van der Waals surface area contributed by atoms with E-state index in [9.17, 15) is 0 Å². The number of nitrogens with zero attached hydrogens (tertiary/aromatic N) is 3. The van der Waals surface area contributed by atoms with Gasteiger partial charge in [0.2, 0.25) is 5.95 Å². The highest BCUT2D eigenvalue weighted by molar-refractivity contribution is 7.17. The minimum absolute atomic E-state index is 0.359. The number of methoxy groups -OCH3 is 1. The van der Waals surface area contributed by atoms with E-state index in [1.54, 1.807) is 23.0 Å². The first-order valence-corrected chi connectivity index (χ1v) is 9.18. The van der Waals surface area contributed by atoms with E-state index in [0.717, 1.165) is 28.5 Å². The zero-order chi connectivity index (χ0) is 17.7. The highest BCUT2D eigenvalue weighted by atomic mass is 32.1. The molecule has 128 valence electrons. The lowest BCUT2D eigenvalue weighted by molar-refractivity contribution is 0.419. The van der Waals surface area contributed by atoms with Crippen LogP contribution in [0.3, 0.4) is 0 Å². The molecule has 6 heteroatoms. The Morgan fingerprint density at radius 2 is 2.04 bits per heavy atom. The van der Waals surface area contributed by atoms with Crippen LogP contribution in [-0.2, 0) is 6.42 Å². The lowest BCUT2D eigenvalue weighted by atomic mass is 10.1. The van der Waals surface area contributed by atoms with Crippen molar-refractivity contribution in [2.24, 2.45) is 0 Å². The first-order valence-electron chi connectivity index (χ1n) is 8.30. The van der Waals surface area contributed by atoms with Crippen LogP contribution < -0.4 is 10.5 Å². The van der Waals surface area contributed by atoms with E-state index in [-0.39, 0.29) is 0 Å². The number of fused-ring (bicyclic) bond motifs is 4. The van der Waals surface area contributed by atoms with E-state index in [2.05, 4.69) is 40.7 Å². The summed E-state index contributed by atoms with van der Waals surface area (Å²) < 4.78 is 8.45. The first-order chi connectivity index (χ1) is 12.7. The third kappa shape index (κ3) is 2.23. The van der Waals surface area contributed by atoms with E-state index in [0.29, 0.717) is 11.7 Å². The fourth-order valence-corrected chi connectivity index (χ4v) is 4.36. The van der Waals surface area contributed by atoms with Gasteiger partial charge in [0.25, 0.3) is 0 Å². The lowest BCUT2D eigenvalue weighted by Gasteiger charge is -2.07. The van der Waals surface area contributed by atoms with Crippen LogP contribution in [0.1, 0.15) is 11.3 Å². The minimum Gasteiger partial charge on any atom is -0.494 e. The Bertz CT molecular complexity index is 1270. The summed E-state index contributed by atoms with van der Waals surface area (Å²) in [5, 5.41) is 9.07. The van der Waals surface area contributed by atoms with Crippen molar-refractivity contribution < 1.29 is 4.74 Å². The summed E-state index contributed by atoms with van der Waals surface area (Å²) >= 11 is 1.76. The number of nitrogens with two attached hydrogens (primary N) is 1. The fourth-order valence-electron chi connectivity index (χ4n) is 3.44. The van der Waals surface area contributed by atoms with Gasteiger partial charge in [-0.1, -0.05) is 30.3 Å². The maximum atomic E-state index is 6.16. The maximum absolute atomic E-state index is 6.16. The number of ether oxygens (including phenoxy) is 1. The second-order valence-electron chi connectivity index (χ2n) is 6.19. The van der Waals surface area contributed by atoms with Crippen molar-refractivity contribution >= 4 is 43.8 Å². The summed E-state index contributed by atoms with van der Waals surface area (Å²) in [5.41, 5.74) is 10.1. The van der Waals surface area contributed by atoms with E-state index < -0.39 is 0 Å². The third-order valence-electron chi connectivity index (χ3n) is 4.63. The topological polar surface area (TPSA) is 65.4 Å². The van der Waals surface area contributed by atoms with Crippen molar-refractivity contribution in [2.75, 3.05) is 12.8 Å². The predicted octanol–water partition coefficient (Wildman–Crippen LogP) is 4.28. The molecule has 0 saturated carbocycles. The van der Waals surface area contributed by atoms with Gasteiger partial charge in [-0.2, -0.15) is 9.61 Å². The van der Waals surface area contributed by atoms with Crippen LogP contribution in [0.25, 0.3) is 26.5 Å². The smallest absolute Gasteiger partial charge is 0.222 e. The Hall–Kier alpha value is -3.12. The van der Waals surface area contributed by atoms with Crippen LogP contribution in [0.2, 0.25) is 0 Å². The number of hydrogen-bond donors (Lipinski definition) is 1. The second kappa shape index (κ2) is 5.71. The van der Waals surface area contributed by atoms with Gasteiger partial charge in [-0.05, 0) is 34.5 Å². The van der Waals surface area contributed by atoms with E-state index in [1.807, 2.05) is 18.2 Å². The third-order valence-corrected chi connectivity index (χ3v) is 5.64. The van der Waals surface area contributed by atoms with Crippen molar-refractivity contribution in [3.8, 4) is 5.75 Å². The Morgan fingerprint density at radius 1 is 1.15 bits per heavy atom. The average Bonchev–Trinajstić information content (AvgIpc) is 3.29. The Balaban J connectivity index is 1.69. The molecule has 2 aromatic carbocycles. The average molecular weight is 360 g/mol. The largest absolute Gasteiger partial charge is 0.494 e. The molecule has 0 aliphatic carbocycles. The van der Waals surface area contributed by atoms with Crippen LogP contribution in [0, 0.1) is 0 Å². The van der Waals surface area contributed by atoms with Crippen molar-refractivity contribution in [1.82, 2.24) is 14.6 Å². The first kappa shape index (κ1) is 15.2. The molecule has 5 nitrogen and oxygen atoms in total. The summed E-state index contributed by atoms with van der Waals surface area (Å²) in [6.07, 6.45) is 0.754. The maximum Gasteiger partial charge on any atom is 0.222 e. The van der Waals surface area contributed by atoms with Gasteiger partial charge < -0.3 is 10.5 Å². The van der Waals surface area contributed by atoms with Gasteiger partial charge in [-0.15, -0.1) is 11.3 Å². The van der Waals surface area contributed by atoms with E-state index in [1.165, 1.54) is 15.6 Å². The molecule has 0 bridgehead atoms. The molecule has 0 amide bonds. The number of rotatable bonds is 3. The number of hydrogen-bond acceptors (Lipinski definition) is 5. The van der Waals surface area contributed by atoms with Crippen molar-refractivity contribution in [1.29, 1.82) is 0 Å². The Morgan fingerprint density at radius 3 is 2.92 bits per heavy atom. The van der Waals surface area contributed by atoms with Crippen LogP contribution in [0.5, 0.6) is 5.75 Å². The van der Waals surface area contributed by atoms with Gasteiger partial charge in [-0.25, -0.2) is 4.98 Å². The molecular formula is C20H16N4OS. The van der Waals surface area contributed by atoms with Crippen LogP contribution >= 0.6 is 11.3 Å². The van der Waals surface area contributed by atoms with E-state index in [4.69, 9.17) is 15.6 Å². The molecule has 2 N–H and O–H groups in total. The van der Waals surface area contributed by atoms with Crippen molar-refractivity contribution in [3.05, 3.63) is 65.2 Å². The molecule has 0 atom stereocenters. The zero-order valence-electron chi connectivity index (χ0n) is 14.1. The molecule has 26 heavy (non-hydrogen) atoms. The van der Waals surface area contributed by atoms with Gasteiger partial charge in [-0.3, -0.25) is 0 Å². The molecule has 0 radical (unpaired) electrons. The fraction of sp³-hybridized carbons (Fsp3) is 0.100. The molecule has 5 aromatic rings. The summed E-state index contributed by atoms with van der Waals surface area (Å²) in [6, 6.07) is 16.5.